The second-order valence-corrected chi connectivity index (χ2v) is 5.93. The van der Waals surface area contributed by atoms with Gasteiger partial charge in [0.1, 0.15) is 0 Å². The summed E-state index contributed by atoms with van der Waals surface area (Å²) >= 11 is 3.39. The molecule has 0 aliphatic rings. The first-order valence-corrected chi connectivity index (χ1v) is 7.64. The molecule has 0 radical (unpaired) electrons. The molecule has 0 saturated heterocycles. The summed E-state index contributed by atoms with van der Waals surface area (Å²) in [5.41, 5.74) is 2.56. The Morgan fingerprint density at radius 3 is 2.43 bits per heavy atom. The third-order valence-electron chi connectivity index (χ3n) is 3.37. The van der Waals surface area contributed by atoms with Gasteiger partial charge in [-0.1, -0.05) is 15.9 Å². The zero-order chi connectivity index (χ0) is 17.0. The number of nitro benzene ring substituents is 1. The molecule has 0 spiro atoms. The summed E-state index contributed by atoms with van der Waals surface area (Å²) in [6, 6.07) is 11.7. The number of hydrogen-bond acceptors (Lipinski definition) is 3. The molecule has 0 aliphatic carbocycles. The molecule has 2 aromatic carbocycles. The van der Waals surface area contributed by atoms with Crippen LogP contribution in [-0.2, 0) is 4.79 Å². The molecule has 23 heavy (non-hydrogen) atoms. The third-order valence-corrected chi connectivity index (χ3v) is 3.87. The molecule has 0 heterocycles. The number of hydrogen-bond donors (Lipinski definition) is 0. The van der Waals surface area contributed by atoms with Crippen LogP contribution in [-0.4, -0.2) is 17.9 Å². The van der Waals surface area contributed by atoms with Crippen LogP contribution >= 0.6 is 15.9 Å². The smallest absolute Gasteiger partial charge is 0.269 e. The molecule has 0 atom stereocenters. The van der Waals surface area contributed by atoms with E-state index in [2.05, 4.69) is 15.9 Å². The highest BCUT2D eigenvalue weighted by Gasteiger charge is 2.10. The number of amides is 1. The molecule has 6 heteroatoms. The van der Waals surface area contributed by atoms with E-state index in [1.54, 1.807) is 30.2 Å². The van der Waals surface area contributed by atoms with Crippen molar-refractivity contribution in [1.82, 2.24) is 0 Å². The Morgan fingerprint density at radius 1 is 1.22 bits per heavy atom. The van der Waals surface area contributed by atoms with Crippen LogP contribution in [0, 0.1) is 17.0 Å². The Labute approximate surface area is 142 Å². The topological polar surface area (TPSA) is 63.5 Å². The molecule has 0 unspecified atom stereocenters. The van der Waals surface area contributed by atoms with E-state index in [0.717, 1.165) is 21.3 Å². The van der Waals surface area contributed by atoms with Gasteiger partial charge in [-0.3, -0.25) is 14.9 Å². The molecular formula is C17H15BrN2O3. The Kier molecular flexibility index (Phi) is 5.28. The Hall–Kier alpha value is -2.47. The van der Waals surface area contributed by atoms with E-state index in [0.29, 0.717) is 0 Å². The highest BCUT2D eigenvalue weighted by atomic mass is 79.9. The van der Waals surface area contributed by atoms with E-state index >= 15 is 0 Å². The predicted octanol–water partition coefficient (Wildman–Crippen LogP) is 4.34. The summed E-state index contributed by atoms with van der Waals surface area (Å²) in [6.45, 7) is 1.93. The van der Waals surface area contributed by atoms with Crippen molar-refractivity contribution in [2.45, 2.75) is 6.92 Å². The highest BCUT2D eigenvalue weighted by Crippen LogP contribution is 2.23. The van der Waals surface area contributed by atoms with Crippen LogP contribution in [0.15, 0.2) is 53.0 Å². The quantitative estimate of drug-likeness (QED) is 0.454. The van der Waals surface area contributed by atoms with E-state index in [4.69, 9.17) is 0 Å². The van der Waals surface area contributed by atoms with Crippen LogP contribution in [0.2, 0.25) is 0 Å². The van der Waals surface area contributed by atoms with Gasteiger partial charge >= 0.3 is 0 Å². The summed E-state index contributed by atoms with van der Waals surface area (Å²) in [6.07, 6.45) is 3.08. The van der Waals surface area contributed by atoms with Crippen molar-refractivity contribution in [1.29, 1.82) is 0 Å². The molecule has 5 nitrogen and oxygen atoms in total. The number of nitro groups is 1. The Bertz CT molecular complexity index is 770. The van der Waals surface area contributed by atoms with Crippen LogP contribution < -0.4 is 4.90 Å². The van der Waals surface area contributed by atoms with Gasteiger partial charge in [-0.15, -0.1) is 0 Å². The van der Waals surface area contributed by atoms with E-state index < -0.39 is 4.92 Å². The number of rotatable bonds is 4. The van der Waals surface area contributed by atoms with Crippen molar-refractivity contribution in [2.24, 2.45) is 0 Å². The lowest BCUT2D eigenvalue weighted by Gasteiger charge is -2.18. The van der Waals surface area contributed by atoms with Crippen LogP contribution in [0.1, 0.15) is 11.1 Å². The molecule has 2 rings (SSSR count). The van der Waals surface area contributed by atoms with Gasteiger partial charge in [0.15, 0.2) is 0 Å². The van der Waals surface area contributed by atoms with Crippen LogP contribution in [0.4, 0.5) is 11.4 Å². The molecule has 0 aliphatic heterocycles. The minimum atomic E-state index is -0.456. The zero-order valence-electron chi connectivity index (χ0n) is 12.7. The maximum Gasteiger partial charge on any atom is 0.269 e. The molecule has 2 aromatic rings. The maximum absolute atomic E-state index is 12.2. The van der Waals surface area contributed by atoms with Gasteiger partial charge in [0, 0.05) is 35.4 Å². The normalized spacial score (nSPS) is 10.7. The number of benzene rings is 2. The van der Waals surface area contributed by atoms with Gasteiger partial charge in [-0.2, -0.15) is 0 Å². The minimum absolute atomic E-state index is 0.0241. The average molecular weight is 375 g/mol. The van der Waals surface area contributed by atoms with Gasteiger partial charge in [-0.25, -0.2) is 0 Å². The summed E-state index contributed by atoms with van der Waals surface area (Å²) in [7, 11) is 1.71. The fourth-order valence-corrected chi connectivity index (χ4v) is 2.58. The molecule has 0 bridgehead atoms. The van der Waals surface area contributed by atoms with Crippen molar-refractivity contribution < 1.29 is 9.72 Å². The first-order chi connectivity index (χ1) is 10.9. The first kappa shape index (κ1) is 16.9. The van der Waals surface area contributed by atoms with Gasteiger partial charge in [0.05, 0.1) is 4.92 Å². The van der Waals surface area contributed by atoms with Crippen molar-refractivity contribution in [2.75, 3.05) is 11.9 Å². The second kappa shape index (κ2) is 7.19. The molecule has 0 N–H and O–H groups in total. The number of halogens is 1. The third kappa shape index (κ3) is 4.26. The Morgan fingerprint density at radius 2 is 1.87 bits per heavy atom. The fourth-order valence-electron chi connectivity index (χ4n) is 2.10. The predicted molar refractivity (Wildman–Crippen MR) is 94.4 cm³/mol. The van der Waals surface area contributed by atoms with Crippen LogP contribution in [0.3, 0.4) is 0 Å². The molecular weight excluding hydrogens is 360 g/mol. The van der Waals surface area contributed by atoms with Gasteiger partial charge in [0.25, 0.3) is 11.6 Å². The summed E-state index contributed by atoms with van der Waals surface area (Å²) < 4.78 is 0.959. The number of non-ortho nitro benzene ring substituents is 1. The van der Waals surface area contributed by atoms with Crippen molar-refractivity contribution in [3.05, 3.63) is 74.3 Å². The monoisotopic (exact) mass is 374 g/mol. The van der Waals surface area contributed by atoms with E-state index in [1.807, 2.05) is 25.1 Å². The summed E-state index contributed by atoms with van der Waals surface area (Å²) in [5, 5.41) is 10.6. The molecule has 118 valence electrons. The van der Waals surface area contributed by atoms with Crippen molar-refractivity contribution in [3.63, 3.8) is 0 Å². The lowest BCUT2D eigenvalue weighted by molar-refractivity contribution is -0.384. The molecule has 1 amide bonds. The zero-order valence-corrected chi connectivity index (χ0v) is 14.3. The maximum atomic E-state index is 12.2. The van der Waals surface area contributed by atoms with Crippen LogP contribution in [0.5, 0.6) is 0 Å². The van der Waals surface area contributed by atoms with Gasteiger partial charge in [-0.05, 0) is 54.5 Å². The molecule has 0 aromatic heterocycles. The molecule has 0 saturated carbocycles. The standard InChI is InChI=1S/C17H15BrN2O3/c1-12-11-14(18)6-9-16(12)19(2)17(21)10-5-13-3-7-15(8-4-13)20(22)23/h3-11H,1-2H3/b10-5+. The fraction of sp³-hybridized carbons (Fsp3) is 0.118. The Balaban J connectivity index is 2.12. The second-order valence-electron chi connectivity index (χ2n) is 5.01. The highest BCUT2D eigenvalue weighted by molar-refractivity contribution is 9.10. The largest absolute Gasteiger partial charge is 0.312 e. The summed E-state index contributed by atoms with van der Waals surface area (Å²) in [5.74, 6) is -0.172. The van der Waals surface area contributed by atoms with Gasteiger partial charge in [0.2, 0.25) is 0 Å². The molecule has 0 fully saturated rings. The van der Waals surface area contributed by atoms with E-state index in [1.165, 1.54) is 18.2 Å². The first-order valence-electron chi connectivity index (χ1n) is 6.85. The lowest BCUT2D eigenvalue weighted by Crippen LogP contribution is -2.24. The number of nitrogens with zero attached hydrogens (tertiary/aromatic N) is 2. The number of likely N-dealkylation sites (N-methyl/N-ethyl adjacent to an activating group) is 1. The van der Waals surface area contributed by atoms with Gasteiger partial charge < -0.3 is 4.90 Å². The number of anilines is 1. The minimum Gasteiger partial charge on any atom is -0.312 e. The van der Waals surface area contributed by atoms with E-state index in [9.17, 15) is 14.9 Å². The lowest BCUT2D eigenvalue weighted by atomic mass is 10.1. The number of carbonyl (C=O) groups excluding carboxylic acids is 1. The van der Waals surface area contributed by atoms with Crippen molar-refractivity contribution in [3.8, 4) is 0 Å². The van der Waals surface area contributed by atoms with Crippen LogP contribution in [0.25, 0.3) is 6.08 Å². The number of aryl methyl sites for hydroxylation is 1. The van der Waals surface area contributed by atoms with Crippen molar-refractivity contribution >= 4 is 39.3 Å². The SMILES string of the molecule is Cc1cc(Br)ccc1N(C)C(=O)/C=C/c1ccc([N+](=O)[O-])cc1. The summed E-state index contributed by atoms with van der Waals surface area (Å²) in [4.78, 5) is 24.0. The van der Waals surface area contributed by atoms with E-state index in [-0.39, 0.29) is 11.6 Å². The number of carbonyl (C=O) groups is 1. The average Bonchev–Trinajstić information content (AvgIpc) is 2.52.